The lowest BCUT2D eigenvalue weighted by Crippen LogP contribution is -2.24. The van der Waals surface area contributed by atoms with Crippen LogP contribution in [0.3, 0.4) is 0 Å². The van der Waals surface area contributed by atoms with Crippen LogP contribution in [0.25, 0.3) is 10.8 Å². The molecule has 0 spiro atoms. The second kappa shape index (κ2) is 4.23. The van der Waals surface area contributed by atoms with Gasteiger partial charge in [-0.3, -0.25) is 0 Å². The molecule has 0 unspecified atom stereocenters. The molecule has 0 saturated heterocycles. The van der Waals surface area contributed by atoms with Gasteiger partial charge < -0.3 is 10.4 Å². The molecule has 0 heterocycles. The predicted octanol–water partition coefficient (Wildman–Crippen LogP) is 3.17. The first-order chi connectivity index (χ1) is 7.68. The van der Waals surface area contributed by atoms with Crippen molar-refractivity contribution in [2.24, 2.45) is 0 Å². The molecule has 2 aromatic carbocycles. The number of fused-ring (bicyclic) bond motifs is 1. The minimum Gasteiger partial charge on any atom is -0.465 e. The summed E-state index contributed by atoms with van der Waals surface area (Å²) in [5.41, 5.74) is 1.00. The van der Waals surface area contributed by atoms with Gasteiger partial charge in [0.15, 0.2) is 0 Å². The number of carboxylic acid groups (broad SMARTS) is 1. The number of benzene rings is 2. The molecule has 0 aliphatic carbocycles. The molecule has 0 saturated carbocycles. The Hall–Kier alpha value is -2.03. The molecule has 82 valence electrons. The smallest absolute Gasteiger partial charge is 0.405 e. The van der Waals surface area contributed by atoms with E-state index in [9.17, 15) is 4.79 Å². The highest BCUT2D eigenvalue weighted by Crippen LogP contribution is 2.23. The molecule has 0 bridgehead atoms. The second-order valence-corrected chi connectivity index (χ2v) is 3.74. The van der Waals surface area contributed by atoms with E-state index in [2.05, 4.69) is 5.32 Å². The van der Waals surface area contributed by atoms with Crippen LogP contribution in [-0.4, -0.2) is 11.2 Å². The van der Waals surface area contributed by atoms with Crippen LogP contribution >= 0.6 is 0 Å². The summed E-state index contributed by atoms with van der Waals surface area (Å²) in [7, 11) is 0. The van der Waals surface area contributed by atoms with Gasteiger partial charge in [-0.15, -0.1) is 0 Å². The Balaban J connectivity index is 2.47. The third-order valence-corrected chi connectivity index (χ3v) is 2.63. The van der Waals surface area contributed by atoms with Gasteiger partial charge in [0.25, 0.3) is 0 Å². The van der Waals surface area contributed by atoms with Gasteiger partial charge in [-0.1, -0.05) is 42.5 Å². The molecule has 0 aliphatic rings. The summed E-state index contributed by atoms with van der Waals surface area (Å²) in [4.78, 5) is 10.6. The molecule has 2 aromatic rings. The minimum atomic E-state index is -1.000. The summed E-state index contributed by atoms with van der Waals surface area (Å²) in [6.07, 6.45) is -1.000. The van der Waals surface area contributed by atoms with Crippen molar-refractivity contribution >= 4 is 16.9 Å². The van der Waals surface area contributed by atoms with Crippen LogP contribution in [0.2, 0.25) is 0 Å². The Morgan fingerprint density at radius 3 is 2.62 bits per heavy atom. The summed E-state index contributed by atoms with van der Waals surface area (Å²) in [5.74, 6) is 0. The summed E-state index contributed by atoms with van der Waals surface area (Å²) in [6, 6.07) is 13.7. The fraction of sp³-hybridized carbons (Fsp3) is 0.154. The lowest BCUT2D eigenvalue weighted by molar-refractivity contribution is 0.191. The van der Waals surface area contributed by atoms with Gasteiger partial charge >= 0.3 is 6.09 Å². The normalized spacial score (nSPS) is 12.3. The topological polar surface area (TPSA) is 49.3 Å². The first kappa shape index (κ1) is 10.5. The van der Waals surface area contributed by atoms with Crippen molar-refractivity contribution < 1.29 is 9.90 Å². The van der Waals surface area contributed by atoms with E-state index in [-0.39, 0.29) is 6.04 Å². The standard InChI is InChI=1S/C13H13NO2/c1-9(14-13(15)16)11-8-4-6-10-5-2-3-7-12(10)11/h2-9,14H,1H3,(H,15,16)/t9-/m1/s1. The number of nitrogens with one attached hydrogen (secondary N) is 1. The summed E-state index contributed by atoms with van der Waals surface area (Å²) < 4.78 is 0. The van der Waals surface area contributed by atoms with Gasteiger partial charge in [0.05, 0.1) is 6.04 Å². The van der Waals surface area contributed by atoms with Crippen LogP contribution in [0.4, 0.5) is 4.79 Å². The fourth-order valence-corrected chi connectivity index (χ4v) is 1.89. The van der Waals surface area contributed by atoms with Crippen LogP contribution in [-0.2, 0) is 0 Å². The van der Waals surface area contributed by atoms with Gasteiger partial charge in [0, 0.05) is 0 Å². The highest BCUT2D eigenvalue weighted by molar-refractivity contribution is 5.86. The first-order valence-electron chi connectivity index (χ1n) is 5.15. The number of amides is 1. The maximum atomic E-state index is 10.6. The SMILES string of the molecule is C[C@@H](NC(=O)O)c1cccc2ccccc12. The van der Waals surface area contributed by atoms with Crippen LogP contribution in [0.15, 0.2) is 42.5 Å². The Morgan fingerprint density at radius 2 is 1.88 bits per heavy atom. The van der Waals surface area contributed by atoms with Gasteiger partial charge in [-0.05, 0) is 23.3 Å². The van der Waals surface area contributed by atoms with E-state index >= 15 is 0 Å². The van der Waals surface area contributed by atoms with Crippen molar-refractivity contribution in [3.05, 3.63) is 48.0 Å². The minimum absolute atomic E-state index is 0.205. The molecular formula is C13H13NO2. The molecule has 2 rings (SSSR count). The monoisotopic (exact) mass is 215 g/mol. The van der Waals surface area contributed by atoms with Crippen LogP contribution < -0.4 is 5.32 Å². The maximum absolute atomic E-state index is 10.6. The van der Waals surface area contributed by atoms with Crippen molar-refractivity contribution in [1.29, 1.82) is 0 Å². The Bertz CT molecular complexity index is 517. The van der Waals surface area contributed by atoms with Crippen molar-refractivity contribution in [1.82, 2.24) is 5.32 Å². The van der Waals surface area contributed by atoms with E-state index in [4.69, 9.17) is 5.11 Å². The molecule has 1 atom stereocenters. The molecule has 0 fully saturated rings. The molecule has 16 heavy (non-hydrogen) atoms. The lowest BCUT2D eigenvalue weighted by atomic mass is 10.00. The zero-order chi connectivity index (χ0) is 11.5. The van der Waals surface area contributed by atoms with Gasteiger partial charge in [-0.25, -0.2) is 4.79 Å². The third kappa shape index (κ3) is 1.98. The van der Waals surface area contributed by atoms with E-state index in [0.29, 0.717) is 0 Å². The zero-order valence-corrected chi connectivity index (χ0v) is 8.97. The van der Waals surface area contributed by atoms with Crippen LogP contribution in [0.1, 0.15) is 18.5 Å². The van der Waals surface area contributed by atoms with E-state index in [1.54, 1.807) is 0 Å². The number of carbonyl (C=O) groups is 1. The van der Waals surface area contributed by atoms with Gasteiger partial charge in [0.1, 0.15) is 0 Å². The maximum Gasteiger partial charge on any atom is 0.405 e. The molecule has 0 aromatic heterocycles. The van der Waals surface area contributed by atoms with Crippen molar-refractivity contribution in [2.45, 2.75) is 13.0 Å². The first-order valence-corrected chi connectivity index (χ1v) is 5.15. The molecule has 3 heteroatoms. The van der Waals surface area contributed by atoms with Crippen molar-refractivity contribution in [2.75, 3.05) is 0 Å². The van der Waals surface area contributed by atoms with Gasteiger partial charge in [0.2, 0.25) is 0 Å². The molecule has 1 amide bonds. The number of hydrogen-bond donors (Lipinski definition) is 2. The molecule has 0 aliphatic heterocycles. The van der Waals surface area contributed by atoms with Gasteiger partial charge in [-0.2, -0.15) is 0 Å². The lowest BCUT2D eigenvalue weighted by Gasteiger charge is -2.14. The highest BCUT2D eigenvalue weighted by Gasteiger charge is 2.10. The quantitative estimate of drug-likeness (QED) is 0.808. The fourth-order valence-electron chi connectivity index (χ4n) is 1.89. The summed E-state index contributed by atoms with van der Waals surface area (Å²) in [6.45, 7) is 1.84. The molecule has 0 radical (unpaired) electrons. The van der Waals surface area contributed by atoms with Crippen LogP contribution in [0, 0.1) is 0 Å². The molecule has 2 N–H and O–H groups in total. The summed E-state index contributed by atoms with van der Waals surface area (Å²) >= 11 is 0. The van der Waals surface area contributed by atoms with Crippen molar-refractivity contribution in [3.8, 4) is 0 Å². The molecule has 3 nitrogen and oxygen atoms in total. The highest BCUT2D eigenvalue weighted by atomic mass is 16.4. The zero-order valence-electron chi connectivity index (χ0n) is 8.97. The van der Waals surface area contributed by atoms with Crippen LogP contribution in [0.5, 0.6) is 0 Å². The Labute approximate surface area is 93.7 Å². The summed E-state index contributed by atoms with van der Waals surface area (Å²) in [5, 5.41) is 13.4. The Morgan fingerprint density at radius 1 is 1.19 bits per heavy atom. The molecular weight excluding hydrogens is 202 g/mol. The number of rotatable bonds is 2. The van der Waals surface area contributed by atoms with E-state index in [1.165, 1.54) is 0 Å². The van der Waals surface area contributed by atoms with E-state index < -0.39 is 6.09 Å². The average Bonchev–Trinajstić information content (AvgIpc) is 2.27. The van der Waals surface area contributed by atoms with E-state index in [0.717, 1.165) is 16.3 Å². The second-order valence-electron chi connectivity index (χ2n) is 3.74. The Kier molecular flexibility index (Phi) is 2.77. The third-order valence-electron chi connectivity index (χ3n) is 2.63. The van der Waals surface area contributed by atoms with E-state index in [1.807, 2.05) is 49.4 Å². The number of hydrogen-bond acceptors (Lipinski definition) is 1. The largest absolute Gasteiger partial charge is 0.465 e. The van der Waals surface area contributed by atoms with Crippen molar-refractivity contribution in [3.63, 3.8) is 0 Å². The predicted molar refractivity (Wildman–Crippen MR) is 63.5 cm³/mol. The average molecular weight is 215 g/mol.